The van der Waals surface area contributed by atoms with Crippen LogP contribution in [0.15, 0.2) is 4.99 Å². The number of guanidine groups is 1. The van der Waals surface area contributed by atoms with Gasteiger partial charge in [-0.05, 0) is 51.9 Å². The lowest BCUT2D eigenvalue weighted by atomic mass is 9.72. The van der Waals surface area contributed by atoms with E-state index in [1.54, 1.807) is 0 Å². The highest BCUT2D eigenvalue weighted by Crippen LogP contribution is 2.40. The van der Waals surface area contributed by atoms with Crippen LogP contribution in [0.25, 0.3) is 0 Å². The zero-order valence-electron chi connectivity index (χ0n) is 12.1. The maximum absolute atomic E-state index is 12.3. The van der Waals surface area contributed by atoms with Crippen molar-refractivity contribution in [1.82, 2.24) is 10.6 Å². The van der Waals surface area contributed by atoms with E-state index >= 15 is 0 Å². The van der Waals surface area contributed by atoms with Gasteiger partial charge in [-0.1, -0.05) is 13.8 Å². The monoisotopic (exact) mass is 251 g/mol. The highest BCUT2D eigenvalue weighted by molar-refractivity contribution is 6.07. The number of carbonyl (C=O) groups excluding carboxylic acids is 1. The second kappa shape index (κ2) is 4.25. The van der Waals surface area contributed by atoms with Crippen molar-refractivity contribution in [2.45, 2.75) is 65.0 Å². The molecule has 0 aromatic rings. The van der Waals surface area contributed by atoms with E-state index in [1.807, 2.05) is 0 Å². The summed E-state index contributed by atoms with van der Waals surface area (Å²) < 4.78 is 0. The first-order valence-electron chi connectivity index (χ1n) is 6.90. The molecule has 1 fully saturated rings. The molecule has 2 N–H and O–H groups in total. The minimum absolute atomic E-state index is 0.0765. The van der Waals surface area contributed by atoms with E-state index in [0.29, 0.717) is 17.8 Å². The summed E-state index contributed by atoms with van der Waals surface area (Å²) in [5.41, 5.74) is -0.589. The molecule has 1 saturated carbocycles. The van der Waals surface area contributed by atoms with E-state index in [1.165, 1.54) is 6.42 Å². The van der Waals surface area contributed by atoms with Gasteiger partial charge in [-0.2, -0.15) is 0 Å². The van der Waals surface area contributed by atoms with Crippen molar-refractivity contribution in [3.05, 3.63) is 0 Å². The predicted octanol–water partition coefficient (Wildman–Crippen LogP) is 2.06. The van der Waals surface area contributed by atoms with Crippen LogP contribution in [0.1, 0.15) is 53.9 Å². The van der Waals surface area contributed by atoms with Gasteiger partial charge >= 0.3 is 0 Å². The second-order valence-electron chi connectivity index (χ2n) is 7.18. The molecule has 0 bridgehead atoms. The summed E-state index contributed by atoms with van der Waals surface area (Å²) in [6, 6.07) is 0. The number of carbonyl (C=O) groups is 1. The molecule has 102 valence electrons. The molecule has 0 aromatic carbocycles. The molecule has 0 aromatic heterocycles. The molecule has 18 heavy (non-hydrogen) atoms. The van der Waals surface area contributed by atoms with Crippen molar-refractivity contribution in [1.29, 1.82) is 0 Å². The number of hydrogen-bond acceptors (Lipinski definition) is 3. The van der Waals surface area contributed by atoms with Crippen LogP contribution in [0.3, 0.4) is 0 Å². The summed E-state index contributed by atoms with van der Waals surface area (Å²) in [7, 11) is 0. The van der Waals surface area contributed by atoms with Gasteiger partial charge in [0, 0.05) is 5.54 Å². The molecule has 1 amide bonds. The lowest BCUT2D eigenvalue weighted by molar-refractivity contribution is -0.125. The molecule has 0 saturated heterocycles. The van der Waals surface area contributed by atoms with Gasteiger partial charge in [0.25, 0.3) is 5.91 Å². The van der Waals surface area contributed by atoms with E-state index in [2.05, 4.69) is 45.3 Å². The van der Waals surface area contributed by atoms with Crippen LogP contribution >= 0.6 is 0 Å². The van der Waals surface area contributed by atoms with Crippen LogP contribution in [0, 0.1) is 11.8 Å². The second-order valence-corrected chi connectivity index (χ2v) is 7.18. The van der Waals surface area contributed by atoms with Crippen LogP contribution in [-0.2, 0) is 4.79 Å². The van der Waals surface area contributed by atoms with Crippen molar-refractivity contribution in [2.24, 2.45) is 16.8 Å². The fourth-order valence-electron chi connectivity index (χ4n) is 3.30. The Morgan fingerprint density at radius 3 is 2.33 bits per heavy atom. The molecule has 1 aliphatic heterocycles. The van der Waals surface area contributed by atoms with Crippen molar-refractivity contribution in [2.75, 3.05) is 0 Å². The van der Waals surface area contributed by atoms with Crippen LogP contribution in [0.2, 0.25) is 0 Å². The van der Waals surface area contributed by atoms with E-state index in [4.69, 9.17) is 4.99 Å². The lowest BCUT2D eigenvalue weighted by Gasteiger charge is -2.35. The van der Waals surface area contributed by atoms with Crippen LogP contribution in [0.5, 0.6) is 0 Å². The van der Waals surface area contributed by atoms with Gasteiger partial charge in [-0.3, -0.25) is 10.1 Å². The number of aliphatic imine (C=N–C) groups is 1. The summed E-state index contributed by atoms with van der Waals surface area (Å²) in [5.74, 6) is 1.86. The number of rotatable bonds is 0. The van der Waals surface area contributed by atoms with E-state index in [0.717, 1.165) is 12.8 Å². The zero-order chi connectivity index (χ0) is 13.6. The molecule has 0 radical (unpaired) electrons. The molecule has 1 spiro atoms. The third kappa shape index (κ3) is 2.68. The van der Waals surface area contributed by atoms with Crippen LogP contribution in [-0.4, -0.2) is 22.9 Å². The fraction of sp³-hybridized carbons (Fsp3) is 0.857. The van der Waals surface area contributed by atoms with Crippen molar-refractivity contribution < 1.29 is 4.79 Å². The molecule has 2 rings (SSSR count). The Balaban J connectivity index is 2.19. The topological polar surface area (TPSA) is 53.5 Å². The minimum Gasteiger partial charge on any atom is -0.351 e. The largest absolute Gasteiger partial charge is 0.351 e. The average Bonchev–Trinajstić information content (AvgIpc) is 2.36. The summed E-state index contributed by atoms with van der Waals surface area (Å²) >= 11 is 0. The SMILES string of the molecule is CC1CC(C)CC2(C1)N=C(NC(C)(C)C)NC2=O. The fourth-order valence-corrected chi connectivity index (χ4v) is 3.30. The molecular weight excluding hydrogens is 226 g/mol. The van der Waals surface area contributed by atoms with Crippen molar-refractivity contribution >= 4 is 11.9 Å². The van der Waals surface area contributed by atoms with Crippen molar-refractivity contribution in [3.8, 4) is 0 Å². The van der Waals surface area contributed by atoms with Gasteiger partial charge in [0.2, 0.25) is 0 Å². The normalized spacial score (nSPS) is 36.5. The smallest absolute Gasteiger partial charge is 0.254 e. The van der Waals surface area contributed by atoms with Crippen LogP contribution in [0.4, 0.5) is 0 Å². The Kier molecular flexibility index (Phi) is 3.16. The number of hydrogen-bond donors (Lipinski definition) is 2. The Bertz CT molecular complexity index is 371. The highest BCUT2D eigenvalue weighted by atomic mass is 16.2. The first-order chi connectivity index (χ1) is 8.20. The molecule has 2 aliphatic rings. The van der Waals surface area contributed by atoms with E-state index in [9.17, 15) is 4.79 Å². The first kappa shape index (κ1) is 13.4. The average molecular weight is 251 g/mol. The predicted molar refractivity (Wildman–Crippen MR) is 73.4 cm³/mol. The Morgan fingerprint density at radius 1 is 1.28 bits per heavy atom. The third-order valence-corrected chi connectivity index (χ3v) is 3.65. The third-order valence-electron chi connectivity index (χ3n) is 3.65. The standard InChI is InChI=1S/C14H25N3O/c1-9-6-10(2)8-14(7-9)11(18)15-12(17-14)16-13(3,4)5/h9-10H,6-8H2,1-5H3,(H2,15,16,17,18). The van der Waals surface area contributed by atoms with Crippen LogP contribution < -0.4 is 10.6 Å². The Hall–Kier alpha value is -1.06. The number of amides is 1. The molecule has 1 aliphatic carbocycles. The molecule has 4 nitrogen and oxygen atoms in total. The van der Waals surface area contributed by atoms with Gasteiger partial charge in [0.05, 0.1) is 0 Å². The highest BCUT2D eigenvalue weighted by Gasteiger charge is 2.48. The summed E-state index contributed by atoms with van der Waals surface area (Å²) in [4.78, 5) is 17.0. The Morgan fingerprint density at radius 2 is 1.83 bits per heavy atom. The first-order valence-corrected chi connectivity index (χ1v) is 6.90. The summed E-state index contributed by atoms with van der Waals surface area (Å²) in [6.07, 6.45) is 2.95. The van der Waals surface area contributed by atoms with Crippen molar-refractivity contribution in [3.63, 3.8) is 0 Å². The van der Waals surface area contributed by atoms with E-state index < -0.39 is 5.54 Å². The Labute approximate surface area is 110 Å². The van der Waals surface area contributed by atoms with E-state index in [-0.39, 0.29) is 11.4 Å². The minimum atomic E-state index is -0.509. The molecule has 1 heterocycles. The summed E-state index contributed by atoms with van der Waals surface area (Å²) in [5, 5.41) is 6.18. The maximum atomic E-state index is 12.3. The molecule has 4 heteroatoms. The quantitative estimate of drug-likeness (QED) is 0.692. The number of nitrogens with one attached hydrogen (secondary N) is 2. The van der Waals surface area contributed by atoms with Gasteiger partial charge in [-0.25, -0.2) is 4.99 Å². The maximum Gasteiger partial charge on any atom is 0.254 e. The number of nitrogens with zero attached hydrogens (tertiary/aromatic N) is 1. The zero-order valence-corrected chi connectivity index (χ0v) is 12.1. The van der Waals surface area contributed by atoms with Gasteiger partial charge < -0.3 is 5.32 Å². The lowest BCUT2D eigenvalue weighted by Crippen LogP contribution is -2.48. The summed E-state index contributed by atoms with van der Waals surface area (Å²) in [6.45, 7) is 10.6. The molecular formula is C14H25N3O. The molecule has 2 atom stereocenters. The molecule has 2 unspecified atom stereocenters. The van der Waals surface area contributed by atoms with Gasteiger partial charge in [0.1, 0.15) is 5.54 Å². The van der Waals surface area contributed by atoms with Gasteiger partial charge in [-0.15, -0.1) is 0 Å². The van der Waals surface area contributed by atoms with Gasteiger partial charge in [0.15, 0.2) is 5.96 Å².